The Morgan fingerprint density at radius 3 is 2.65 bits per heavy atom. The number of fused-ring (bicyclic) bond motifs is 1. The van der Waals surface area contributed by atoms with Gasteiger partial charge in [-0.25, -0.2) is 8.42 Å². The minimum Gasteiger partial charge on any atom is -0.454 e. The standard InChI is InChI=1S/C13H11NO5S/c1-20(16,17)12-11(13(12,5-14)6-15)8-2-3-9-10(4-8)19-7-18-9/h2-4,6,11-12H,7H2,1H3/t11-,12+,13+/m1/s1. The largest absolute Gasteiger partial charge is 0.454 e. The summed E-state index contributed by atoms with van der Waals surface area (Å²) in [5.74, 6) is 0.410. The number of ether oxygens (including phenoxy) is 2. The molecule has 1 aliphatic heterocycles. The topological polar surface area (TPSA) is 93.5 Å². The highest BCUT2D eigenvalue weighted by atomic mass is 32.2. The summed E-state index contributed by atoms with van der Waals surface area (Å²) in [5.41, 5.74) is -0.903. The van der Waals surface area contributed by atoms with Gasteiger partial charge >= 0.3 is 0 Å². The number of hydrogen-bond acceptors (Lipinski definition) is 6. The van der Waals surface area contributed by atoms with Crippen molar-refractivity contribution in [1.82, 2.24) is 0 Å². The summed E-state index contributed by atoms with van der Waals surface area (Å²) in [6.07, 6.45) is 1.48. The molecule has 1 aliphatic carbocycles. The lowest BCUT2D eigenvalue weighted by Crippen LogP contribution is -2.14. The van der Waals surface area contributed by atoms with Gasteiger partial charge in [0.2, 0.25) is 6.79 Å². The van der Waals surface area contributed by atoms with Crippen molar-refractivity contribution in [2.24, 2.45) is 5.41 Å². The van der Waals surface area contributed by atoms with E-state index in [4.69, 9.17) is 9.47 Å². The fourth-order valence-electron chi connectivity index (χ4n) is 2.83. The third-order valence-corrected chi connectivity index (χ3v) is 5.37. The predicted molar refractivity (Wildman–Crippen MR) is 68.0 cm³/mol. The van der Waals surface area contributed by atoms with Gasteiger partial charge in [-0.15, -0.1) is 0 Å². The summed E-state index contributed by atoms with van der Waals surface area (Å²) >= 11 is 0. The molecule has 0 saturated heterocycles. The van der Waals surface area contributed by atoms with Crippen LogP contribution in [0.4, 0.5) is 0 Å². The smallest absolute Gasteiger partial charge is 0.231 e. The van der Waals surface area contributed by atoms with Crippen LogP contribution in [0, 0.1) is 16.7 Å². The lowest BCUT2D eigenvalue weighted by molar-refractivity contribution is -0.110. The van der Waals surface area contributed by atoms with E-state index in [1.807, 2.05) is 6.07 Å². The second kappa shape index (κ2) is 3.96. The van der Waals surface area contributed by atoms with Crippen LogP contribution in [-0.4, -0.2) is 33.0 Å². The van der Waals surface area contributed by atoms with Gasteiger partial charge in [-0.1, -0.05) is 6.07 Å². The van der Waals surface area contributed by atoms with Gasteiger partial charge in [-0.05, 0) is 17.7 Å². The molecular weight excluding hydrogens is 282 g/mol. The van der Waals surface area contributed by atoms with Crippen molar-refractivity contribution in [1.29, 1.82) is 5.26 Å². The van der Waals surface area contributed by atoms with Crippen LogP contribution in [0.3, 0.4) is 0 Å². The van der Waals surface area contributed by atoms with Crippen molar-refractivity contribution in [3.8, 4) is 17.6 Å². The molecule has 20 heavy (non-hydrogen) atoms. The quantitative estimate of drug-likeness (QED) is 0.759. The number of benzene rings is 1. The van der Waals surface area contributed by atoms with E-state index in [1.165, 1.54) is 0 Å². The summed E-state index contributed by atoms with van der Waals surface area (Å²) in [5, 5.41) is 8.21. The van der Waals surface area contributed by atoms with Crippen LogP contribution in [-0.2, 0) is 14.6 Å². The van der Waals surface area contributed by atoms with Gasteiger partial charge in [-0.3, -0.25) is 0 Å². The van der Waals surface area contributed by atoms with Crippen molar-refractivity contribution >= 4 is 16.1 Å². The Morgan fingerprint density at radius 2 is 2.10 bits per heavy atom. The van der Waals surface area contributed by atoms with Crippen molar-refractivity contribution in [2.45, 2.75) is 11.2 Å². The van der Waals surface area contributed by atoms with Gasteiger partial charge < -0.3 is 14.3 Å². The second-order valence-electron chi connectivity index (χ2n) is 5.00. The highest BCUT2D eigenvalue weighted by molar-refractivity contribution is 7.91. The first-order valence-electron chi connectivity index (χ1n) is 5.90. The molecule has 1 saturated carbocycles. The number of nitriles is 1. The van der Waals surface area contributed by atoms with Crippen molar-refractivity contribution in [3.05, 3.63) is 23.8 Å². The van der Waals surface area contributed by atoms with Crippen molar-refractivity contribution in [2.75, 3.05) is 13.0 Å². The molecule has 1 heterocycles. The Labute approximate surface area is 115 Å². The van der Waals surface area contributed by atoms with Crippen LogP contribution in [0.1, 0.15) is 11.5 Å². The molecule has 104 valence electrons. The Morgan fingerprint density at radius 1 is 1.40 bits per heavy atom. The van der Waals surface area contributed by atoms with Crippen LogP contribution in [0.5, 0.6) is 11.5 Å². The Balaban J connectivity index is 2.06. The van der Waals surface area contributed by atoms with Crippen LogP contribution >= 0.6 is 0 Å². The molecule has 0 unspecified atom stereocenters. The highest BCUT2D eigenvalue weighted by Gasteiger charge is 2.71. The van der Waals surface area contributed by atoms with E-state index in [1.54, 1.807) is 18.2 Å². The van der Waals surface area contributed by atoms with Crippen LogP contribution in [0.2, 0.25) is 0 Å². The zero-order chi connectivity index (χ0) is 14.5. The van der Waals surface area contributed by atoms with Gasteiger partial charge in [0.05, 0.1) is 11.3 Å². The number of carbonyl (C=O) groups is 1. The SMILES string of the molecule is CS(=O)(=O)[C@H]1[C@@H](c2ccc3c(c2)OCO3)[C@]1(C#N)C=O. The number of aldehydes is 1. The number of rotatable bonds is 3. The van der Waals surface area contributed by atoms with Crippen molar-refractivity contribution < 1.29 is 22.7 Å². The Kier molecular flexibility index (Phi) is 2.56. The molecule has 0 bridgehead atoms. The van der Waals surface area contributed by atoms with Crippen molar-refractivity contribution in [3.63, 3.8) is 0 Å². The molecular formula is C13H11NO5S. The molecule has 0 aromatic heterocycles. The molecule has 1 aromatic rings. The summed E-state index contributed by atoms with van der Waals surface area (Å²) < 4.78 is 34.0. The minimum atomic E-state index is -3.50. The van der Waals surface area contributed by atoms with E-state index in [-0.39, 0.29) is 6.79 Å². The zero-order valence-corrected chi connectivity index (χ0v) is 11.4. The zero-order valence-electron chi connectivity index (χ0n) is 10.6. The fourth-order valence-corrected chi connectivity index (χ4v) is 4.59. The average Bonchev–Trinajstić information content (AvgIpc) is 2.89. The number of sulfone groups is 1. The molecule has 3 rings (SSSR count). The fraction of sp³-hybridized carbons (Fsp3) is 0.385. The third kappa shape index (κ3) is 1.61. The van der Waals surface area contributed by atoms with E-state index >= 15 is 0 Å². The summed E-state index contributed by atoms with van der Waals surface area (Å²) in [6.45, 7) is 0.107. The summed E-state index contributed by atoms with van der Waals surface area (Å²) in [6, 6.07) is 6.81. The molecule has 0 radical (unpaired) electrons. The normalized spacial score (nSPS) is 30.6. The van der Waals surface area contributed by atoms with E-state index in [9.17, 15) is 18.5 Å². The van der Waals surface area contributed by atoms with Crippen LogP contribution in [0.25, 0.3) is 0 Å². The molecule has 2 aliphatic rings. The van der Waals surface area contributed by atoms with Gasteiger partial charge in [0, 0.05) is 12.2 Å². The lowest BCUT2D eigenvalue weighted by atomic mass is 10.0. The molecule has 1 aromatic carbocycles. The Bertz CT molecular complexity index is 736. The van der Waals surface area contributed by atoms with Gasteiger partial charge in [0.15, 0.2) is 21.3 Å². The molecule has 3 atom stereocenters. The minimum absolute atomic E-state index is 0.107. The molecule has 7 heteroatoms. The van der Waals surface area contributed by atoms with E-state index in [2.05, 4.69) is 0 Å². The first-order valence-corrected chi connectivity index (χ1v) is 7.85. The highest BCUT2D eigenvalue weighted by Crippen LogP contribution is 2.61. The Hall–Kier alpha value is -2.07. The number of nitrogens with zero attached hydrogens (tertiary/aromatic N) is 1. The summed E-state index contributed by atoms with van der Waals surface area (Å²) in [7, 11) is -3.50. The van der Waals surface area contributed by atoms with Crippen LogP contribution < -0.4 is 9.47 Å². The van der Waals surface area contributed by atoms with Crippen LogP contribution in [0.15, 0.2) is 18.2 Å². The third-order valence-electron chi connectivity index (χ3n) is 3.78. The molecule has 1 fully saturated rings. The lowest BCUT2D eigenvalue weighted by Gasteiger charge is -2.02. The predicted octanol–water partition coefficient (Wildman–Crippen LogP) is 0.635. The van der Waals surface area contributed by atoms with E-state index in [0.29, 0.717) is 23.3 Å². The van der Waals surface area contributed by atoms with E-state index in [0.717, 1.165) is 6.26 Å². The number of carbonyl (C=O) groups excluding carboxylic acids is 1. The molecule has 6 nitrogen and oxygen atoms in total. The first kappa shape index (κ1) is 12.9. The number of hydrogen-bond donors (Lipinski definition) is 0. The van der Waals surface area contributed by atoms with Gasteiger partial charge in [-0.2, -0.15) is 5.26 Å². The van der Waals surface area contributed by atoms with Gasteiger partial charge in [0.1, 0.15) is 11.7 Å². The second-order valence-corrected chi connectivity index (χ2v) is 7.17. The average molecular weight is 293 g/mol. The summed E-state index contributed by atoms with van der Waals surface area (Å²) in [4.78, 5) is 11.3. The van der Waals surface area contributed by atoms with E-state index < -0.39 is 26.4 Å². The maximum Gasteiger partial charge on any atom is 0.231 e. The molecule has 0 spiro atoms. The maximum atomic E-state index is 11.8. The monoisotopic (exact) mass is 293 g/mol. The first-order chi connectivity index (χ1) is 9.44. The maximum absolute atomic E-state index is 11.8. The molecule has 0 N–H and O–H groups in total. The van der Waals surface area contributed by atoms with Gasteiger partial charge in [0.25, 0.3) is 0 Å². The molecule has 0 amide bonds.